The lowest BCUT2D eigenvalue weighted by atomic mass is 10.00. The Labute approximate surface area is 142 Å². The van der Waals surface area contributed by atoms with Crippen LogP contribution < -0.4 is 11.1 Å². The highest BCUT2D eigenvalue weighted by molar-refractivity contribution is 5.85. The third kappa shape index (κ3) is 6.87. The van der Waals surface area contributed by atoms with Gasteiger partial charge in [0.1, 0.15) is 0 Å². The van der Waals surface area contributed by atoms with Crippen molar-refractivity contribution < 1.29 is 10.3 Å². The maximum atomic E-state index is 11.5. The van der Waals surface area contributed by atoms with Gasteiger partial charge in [-0.2, -0.15) is 0 Å². The quantitative estimate of drug-likeness (QED) is 0.857. The number of benzene rings is 1. The summed E-state index contributed by atoms with van der Waals surface area (Å²) in [5.41, 5.74) is 7.56. The van der Waals surface area contributed by atoms with E-state index in [2.05, 4.69) is 10.3 Å². The van der Waals surface area contributed by atoms with Crippen LogP contribution in [0.5, 0.6) is 0 Å². The molecule has 122 valence electrons. The van der Waals surface area contributed by atoms with Crippen LogP contribution in [-0.2, 0) is 11.2 Å². The zero-order chi connectivity index (χ0) is 13.5. The minimum Gasteiger partial charge on any atom is -0.412 e. The first-order valence-corrected chi connectivity index (χ1v) is 6.23. The van der Waals surface area contributed by atoms with E-state index in [0.717, 1.165) is 12.0 Å². The second kappa shape index (κ2) is 11.9. The summed E-state index contributed by atoms with van der Waals surface area (Å²) in [6.45, 7) is -0.00360. The molecule has 1 heterocycles. The molecule has 2 rings (SSSR count). The molecule has 1 aromatic carbocycles. The third-order valence-electron chi connectivity index (χ3n) is 2.91. The van der Waals surface area contributed by atoms with Gasteiger partial charge in [0, 0.05) is 12.4 Å². The molecule has 0 spiro atoms. The fraction of sp³-hybridized carbons (Fsp3) is 0.200. The van der Waals surface area contributed by atoms with Crippen LogP contribution in [0.3, 0.4) is 0 Å². The molecule has 1 unspecified atom stereocenters. The number of carbonyl (C=O) groups is 1. The molecule has 22 heavy (non-hydrogen) atoms. The largest absolute Gasteiger partial charge is 0.412 e. The maximum absolute atomic E-state index is 11.5. The van der Waals surface area contributed by atoms with E-state index in [9.17, 15) is 4.79 Å². The highest BCUT2D eigenvalue weighted by Crippen LogP contribution is 2.17. The second-order valence-electron chi connectivity index (χ2n) is 4.29. The van der Waals surface area contributed by atoms with E-state index in [0.29, 0.717) is 0 Å². The predicted molar refractivity (Wildman–Crippen MR) is 92.4 cm³/mol. The van der Waals surface area contributed by atoms with Gasteiger partial charge >= 0.3 is 0 Å². The average molecular weight is 346 g/mol. The number of halogens is 2. The van der Waals surface area contributed by atoms with Crippen molar-refractivity contribution >= 4 is 30.7 Å². The van der Waals surface area contributed by atoms with Crippen LogP contribution >= 0.6 is 24.8 Å². The Morgan fingerprint density at radius 2 is 1.68 bits per heavy atom. The van der Waals surface area contributed by atoms with Crippen molar-refractivity contribution in [2.24, 2.45) is 5.73 Å². The van der Waals surface area contributed by atoms with Gasteiger partial charge in [-0.1, -0.05) is 30.3 Å². The fourth-order valence-electron chi connectivity index (χ4n) is 1.95. The highest BCUT2D eigenvalue weighted by Gasteiger charge is 2.14. The Morgan fingerprint density at radius 3 is 2.23 bits per heavy atom. The minimum atomic E-state index is -0.155. The number of carbonyl (C=O) groups excluding carboxylic acids is 1. The first-order valence-electron chi connectivity index (χ1n) is 6.23. The molecule has 0 saturated heterocycles. The molecule has 5 nitrogen and oxygen atoms in total. The van der Waals surface area contributed by atoms with Crippen LogP contribution in [0.4, 0.5) is 0 Å². The molecule has 0 aliphatic carbocycles. The first-order chi connectivity index (χ1) is 9.29. The smallest absolute Gasteiger partial charge is 0.234 e. The summed E-state index contributed by atoms with van der Waals surface area (Å²) in [5, 5.41) is 2.94. The Balaban J connectivity index is 0. The molecule has 1 aromatic heterocycles. The Hall–Kier alpha value is -1.66. The Morgan fingerprint density at radius 1 is 1.09 bits per heavy atom. The number of hydrogen-bond acceptors (Lipinski definition) is 3. The first kappa shape index (κ1) is 22.6. The van der Waals surface area contributed by atoms with E-state index >= 15 is 0 Å². The van der Waals surface area contributed by atoms with E-state index in [4.69, 9.17) is 5.73 Å². The van der Waals surface area contributed by atoms with E-state index in [1.54, 1.807) is 12.4 Å². The predicted octanol–water partition coefficient (Wildman–Crippen LogP) is 1.46. The monoisotopic (exact) mass is 345 g/mol. The van der Waals surface area contributed by atoms with Crippen molar-refractivity contribution in [3.8, 4) is 0 Å². The summed E-state index contributed by atoms with van der Waals surface area (Å²) in [6, 6.07) is 13.8. The zero-order valence-corrected chi connectivity index (χ0v) is 13.6. The van der Waals surface area contributed by atoms with E-state index < -0.39 is 0 Å². The summed E-state index contributed by atoms with van der Waals surface area (Å²) in [6.07, 6.45) is 4.18. The van der Waals surface area contributed by atoms with Gasteiger partial charge < -0.3 is 16.5 Å². The molecule has 1 atom stereocenters. The molecule has 0 saturated carbocycles. The maximum Gasteiger partial charge on any atom is 0.234 e. The molecule has 0 aliphatic heterocycles. The topological polar surface area (TPSA) is 99.5 Å². The van der Waals surface area contributed by atoms with Gasteiger partial charge in [0.2, 0.25) is 5.91 Å². The summed E-state index contributed by atoms with van der Waals surface area (Å²) in [5.74, 6) is -0.155. The van der Waals surface area contributed by atoms with Crippen molar-refractivity contribution in [2.75, 3.05) is 6.54 Å². The number of nitrogens with two attached hydrogens (primary N) is 1. The summed E-state index contributed by atoms with van der Waals surface area (Å²) < 4.78 is 0. The number of rotatable bonds is 5. The van der Waals surface area contributed by atoms with Crippen molar-refractivity contribution in [1.82, 2.24) is 10.3 Å². The Kier molecular flexibility index (Phi) is 12.3. The lowest BCUT2D eigenvalue weighted by Crippen LogP contribution is -2.34. The summed E-state index contributed by atoms with van der Waals surface area (Å²) in [4.78, 5) is 15.5. The lowest BCUT2D eigenvalue weighted by molar-refractivity contribution is -0.120. The van der Waals surface area contributed by atoms with Gasteiger partial charge in [-0.05, 0) is 29.7 Å². The van der Waals surface area contributed by atoms with Crippen molar-refractivity contribution in [1.29, 1.82) is 0 Å². The minimum absolute atomic E-state index is 0. The van der Waals surface area contributed by atoms with E-state index in [1.165, 1.54) is 5.56 Å². The fourth-order valence-corrected chi connectivity index (χ4v) is 1.95. The molecule has 5 N–H and O–H groups in total. The molecular weight excluding hydrogens is 325 g/mol. The average Bonchev–Trinajstić information content (AvgIpc) is 2.48. The molecule has 0 bridgehead atoms. The normalized spacial score (nSPS) is 10.2. The van der Waals surface area contributed by atoms with Gasteiger partial charge in [-0.15, -0.1) is 24.8 Å². The molecule has 2 aromatic rings. The van der Waals surface area contributed by atoms with Crippen LogP contribution in [0, 0.1) is 0 Å². The number of pyridine rings is 1. The van der Waals surface area contributed by atoms with Gasteiger partial charge in [0.15, 0.2) is 0 Å². The Bertz CT molecular complexity index is 527. The van der Waals surface area contributed by atoms with Gasteiger partial charge in [0.25, 0.3) is 0 Å². The number of aromatic nitrogens is 1. The third-order valence-corrected chi connectivity index (χ3v) is 2.91. The number of hydrogen-bond donors (Lipinski definition) is 2. The summed E-state index contributed by atoms with van der Waals surface area (Å²) >= 11 is 0. The van der Waals surface area contributed by atoms with Crippen LogP contribution in [0.1, 0.15) is 17.2 Å². The van der Waals surface area contributed by atoms with Crippen molar-refractivity contribution in [3.05, 3.63) is 66.0 Å². The number of nitrogens with zero attached hydrogens (tertiary/aromatic N) is 1. The van der Waals surface area contributed by atoms with E-state index in [1.807, 2.05) is 42.5 Å². The number of nitrogens with one attached hydrogen (secondary N) is 1. The van der Waals surface area contributed by atoms with Gasteiger partial charge in [0.05, 0.1) is 12.6 Å². The molecule has 7 heteroatoms. The highest BCUT2D eigenvalue weighted by atomic mass is 35.5. The molecular formula is C15H21Cl2N3O2. The molecule has 0 aliphatic rings. The van der Waals surface area contributed by atoms with Gasteiger partial charge in [-0.3, -0.25) is 9.78 Å². The summed E-state index contributed by atoms with van der Waals surface area (Å²) in [7, 11) is 0. The standard InChI is InChI=1S/C15H17N3O.2ClH.H2O/c16-11-15(19)18-14(13-6-8-17-9-7-13)10-12-4-2-1-3-5-12;;;/h1-9,14H,10-11,16H2,(H,18,19);2*1H;1H2. The molecule has 1 amide bonds. The lowest BCUT2D eigenvalue weighted by Gasteiger charge is -2.19. The van der Waals surface area contributed by atoms with Crippen molar-refractivity contribution in [2.45, 2.75) is 12.5 Å². The molecule has 0 fully saturated rings. The second-order valence-corrected chi connectivity index (χ2v) is 4.29. The van der Waals surface area contributed by atoms with Crippen LogP contribution in [0.2, 0.25) is 0 Å². The van der Waals surface area contributed by atoms with Crippen LogP contribution in [-0.4, -0.2) is 22.9 Å². The van der Waals surface area contributed by atoms with Crippen molar-refractivity contribution in [3.63, 3.8) is 0 Å². The van der Waals surface area contributed by atoms with E-state index in [-0.39, 0.29) is 48.8 Å². The molecule has 0 radical (unpaired) electrons. The van der Waals surface area contributed by atoms with Crippen LogP contribution in [0.25, 0.3) is 0 Å². The van der Waals surface area contributed by atoms with Gasteiger partial charge in [-0.25, -0.2) is 0 Å². The SMILES string of the molecule is Cl.Cl.NCC(=O)NC(Cc1ccccc1)c1ccncc1.O. The zero-order valence-electron chi connectivity index (χ0n) is 11.9. The van der Waals surface area contributed by atoms with Crippen LogP contribution in [0.15, 0.2) is 54.9 Å². The number of amides is 1.